The van der Waals surface area contributed by atoms with Gasteiger partial charge in [0.2, 0.25) is 0 Å². The van der Waals surface area contributed by atoms with E-state index in [1.807, 2.05) is 13.8 Å². The Kier molecular flexibility index (Phi) is 6.09. The number of nitrogens with two attached hydrogens (primary N) is 1. The molecule has 8 heteroatoms. The molecule has 16 heavy (non-hydrogen) atoms. The Hall–Kier alpha value is -0.500. The van der Waals surface area contributed by atoms with Gasteiger partial charge in [-0.2, -0.15) is 0 Å². The Morgan fingerprint density at radius 2 is 1.94 bits per heavy atom. The van der Waals surface area contributed by atoms with Gasteiger partial charge in [0.15, 0.2) is 16.1 Å². The summed E-state index contributed by atoms with van der Waals surface area (Å²) < 4.78 is 0. The molecule has 0 radical (unpaired) electrons. The minimum Gasteiger partial charge on any atom is -0.314 e. The molecule has 1 aromatic heterocycles. The maximum Gasteiger partial charge on any atom is 0.188 e. The van der Waals surface area contributed by atoms with Gasteiger partial charge in [0, 0.05) is 7.05 Å². The van der Waals surface area contributed by atoms with Crippen LogP contribution in [0.15, 0.2) is 0 Å². The van der Waals surface area contributed by atoms with Crippen molar-refractivity contribution in [1.82, 2.24) is 15.2 Å². The van der Waals surface area contributed by atoms with E-state index in [1.54, 1.807) is 7.05 Å². The van der Waals surface area contributed by atoms with Gasteiger partial charge in [-0.05, 0) is 37.2 Å². The van der Waals surface area contributed by atoms with Gasteiger partial charge in [0.25, 0.3) is 0 Å². The summed E-state index contributed by atoms with van der Waals surface area (Å²) in [5.74, 6) is 6.03. The van der Waals surface area contributed by atoms with Crippen LogP contribution >= 0.6 is 40.8 Å². The quantitative estimate of drug-likeness (QED) is 0.466. The molecule has 0 spiro atoms. The van der Waals surface area contributed by atoms with E-state index >= 15 is 0 Å². The monoisotopic (exact) mass is 325 g/mol. The van der Waals surface area contributed by atoms with Crippen molar-refractivity contribution in [3.63, 3.8) is 0 Å². The van der Waals surface area contributed by atoms with Gasteiger partial charge in [-0.1, -0.05) is 11.6 Å². The predicted octanol–water partition coefficient (Wildman–Crippen LogP) is 1.83. The molecule has 5 nitrogen and oxygen atoms in total. The smallest absolute Gasteiger partial charge is 0.188 e. The normalized spacial score (nSPS) is 9.31. The van der Waals surface area contributed by atoms with E-state index in [4.69, 9.17) is 29.7 Å². The highest BCUT2D eigenvalue weighted by Gasteiger charge is 2.09. The first kappa shape index (κ1) is 15.5. The van der Waals surface area contributed by atoms with Crippen LogP contribution in [0.5, 0.6) is 0 Å². The van der Waals surface area contributed by atoms with Crippen molar-refractivity contribution in [3.8, 4) is 0 Å². The Morgan fingerprint density at radius 3 is 2.44 bits per heavy atom. The second-order valence-corrected chi connectivity index (χ2v) is 3.88. The van der Waals surface area contributed by atoms with Crippen LogP contribution in [0.1, 0.15) is 11.1 Å². The molecule has 0 unspecified atom stereocenters. The lowest BCUT2D eigenvalue weighted by molar-refractivity contribution is 0.547. The number of aromatic nitrogens is 2. The standard InChI is InChI=1S/C8H12ClN5S.BrH/c1-4-5(2)7(13-12-6(4)9)11-8(15)14(3)10;/h10H2,1-3H3,(H,11,13,15);1H. The molecule has 0 saturated carbocycles. The van der Waals surface area contributed by atoms with Crippen LogP contribution in [0, 0.1) is 13.8 Å². The second kappa shape index (κ2) is 6.29. The Bertz CT molecular complexity index is 398. The molecule has 0 aromatic carbocycles. The third-order valence-electron chi connectivity index (χ3n) is 2.01. The zero-order valence-corrected chi connectivity index (χ0v) is 12.4. The molecule has 3 N–H and O–H groups in total. The number of rotatable bonds is 1. The number of nitrogens with one attached hydrogen (secondary N) is 1. The van der Waals surface area contributed by atoms with E-state index in [0.29, 0.717) is 16.1 Å². The fourth-order valence-corrected chi connectivity index (χ4v) is 1.16. The van der Waals surface area contributed by atoms with Crippen LogP contribution in [0.25, 0.3) is 0 Å². The first-order valence-electron chi connectivity index (χ1n) is 4.22. The molecule has 0 atom stereocenters. The minimum atomic E-state index is 0. The van der Waals surface area contributed by atoms with Gasteiger partial charge in [0.1, 0.15) is 0 Å². The number of hydrazine groups is 1. The zero-order chi connectivity index (χ0) is 11.6. The summed E-state index contributed by atoms with van der Waals surface area (Å²) in [7, 11) is 1.64. The molecule has 0 aliphatic rings. The SMILES string of the molecule is Br.Cc1c(Cl)nnc(NC(=S)N(C)N)c1C. The molecule has 0 bridgehead atoms. The molecule has 0 amide bonds. The molecular formula is C8H13BrClN5S. The fourth-order valence-electron chi connectivity index (χ4n) is 0.884. The number of hydrogen-bond donors (Lipinski definition) is 2. The Morgan fingerprint density at radius 1 is 1.38 bits per heavy atom. The van der Waals surface area contributed by atoms with E-state index in [0.717, 1.165) is 11.1 Å². The zero-order valence-electron chi connectivity index (χ0n) is 9.11. The second-order valence-electron chi connectivity index (χ2n) is 3.13. The molecule has 0 aliphatic heterocycles. The average molecular weight is 327 g/mol. The van der Waals surface area contributed by atoms with Crippen LogP contribution in [0.4, 0.5) is 5.82 Å². The molecule has 0 aliphatic carbocycles. The van der Waals surface area contributed by atoms with Crippen LogP contribution in [0.2, 0.25) is 5.15 Å². The summed E-state index contributed by atoms with van der Waals surface area (Å²) in [5.41, 5.74) is 1.77. The lowest BCUT2D eigenvalue weighted by atomic mass is 10.2. The van der Waals surface area contributed by atoms with Crippen molar-refractivity contribution in [2.45, 2.75) is 13.8 Å². The van der Waals surface area contributed by atoms with Crippen molar-refractivity contribution in [2.24, 2.45) is 5.84 Å². The first-order valence-corrected chi connectivity index (χ1v) is 5.01. The van der Waals surface area contributed by atoms with Gasteiger partial charge >= 0.3 is 0 Å². The van der Waals surface area contributed by atoms with Crippen LogP contribution < -0.4 is 11.2 Å². The van der Waals surface area contributed by atoms with Crippen LogP contribution in [-0.2, 0) is 0 Å². The number of anilines is 1. The maximum atomic E-state index is 5.82. The molecule has 90 valence electrons. The lowest BCUT2D eigenvalue weighted by Crippen LogP contribution is -2.37. The third-order valence-corrected chi connectivity index (χ3v) is 2.76. The van der Waals surface area contributed by atoms with Crippen LogP contribution in [0.3, 0.4) is 0 Å². The molecule has 1 rings (SSSR count). The molecule has 1 heterocycles. The van der Waals surface area contributed by atoms with Gasteiger partial charge in [-0.15, -0.1) is 27.2 Å². The van der Waals surface area contributed by atoms with Crippen molar-refractivity contribution < 1.29 is 0 Å². The van der Waals surface area contributed by atoms with Crippen molar-refractivity contribution in [2.75, 3.05) is 12.4 Å². The highest BCUT2D eigenvalue weighted by molar-refractivity contribution is 8.93. The fraction of sp³-hybridized carbons (Fsp3) is 0.375. The molecule has 0 fully saturated rings. The predicted molar refractivity (Wildman–Crippen MR) is 75.0 cm³/mol. The largest absolute Gasteiger partial charge is 0.314 e. The van der Waals surface area contributed by atoms with E-state index in [1.165, 1.54) is 5.01 Å². The number of hydrogen-bond acceptors (Lipinski definition) is 4. The first-order chi connectivity index (χ1) is 6.93. The number of halogens is 2. The Balaban J connectivity index is 0.00000225. The van der Waals surface area contributed by atoms with E-state index in [2.05, 4.69) is 15.5 Å². The average Bonchev–Trinajstić information content (AvgIpc) is 2.18. The topological polar surface area (TPSA) is 67.1 Å². The summed E-state index contributed by atoms with van der Waals surface area (Å²) in [5, 5.41) is 12.6. The summed E-state index contributed by atoms with van der Waals surface area (Å²) in [6.07, 6.45) is 0. The van der Waals surface area contributed by atoms with Crippen molar-refractivity contribution in [3.05, 3.63) is 16.3 Å². The number of thiocarbonyl (C=S) groups is 1. The van der Waals surface area contributed by atoms with Crippen molar-refractivity contribution in [1.29, 1.82) is 0 Å². The summed E-state index contributed by atoms with van der Waals surface area (Å²) in [6.45, 7) is 3.75. The summed E-state index contributed by atoms with van der Waals surface area (Å²) >= 11 is 10.8. The Labute approximate surface area is 115 Å². The summed E-state index contributed by atoms with van der Waals surface area (Å²) in [4.78, 5) is 0. The highest BCUT2D eigenvalue weighted by atomic mass is 79.9. The molecule has 0 saturated heterocycles. The van der Waals surface area contributed by atoms with Crippen LogP contribution in [-0.4, -0.2) is 27.4 Å². The summed E-state index contributed by atoms with van der Waals surface area (Å²) in [6, 6.07) is 0. The molecular weight excluding hydrogens is 314 g/mol. The van der Waals surface area contributed by atoms with Crippen molar-refractivity contribution >= 4 is 51.7 Å². The lowest BCUT2D eigenvalue weighted by Gasteiger charge is -2.16. The number of nitrogens with zero attached hydrogens (tertiary/aromatic N) is 3. The van der Waals surface area contributed by atoms with E-state index < -0.39 is 0 Å². The maximum absolute atomic E-state index is 5.82. The van der Waals surface area contributed by atoms with Gasteiger partial charge in [0.05, 0.1) is 0 Å². The highest BCUT2D eigenvalue weighted by Crippen LogP contribution is 2.20. The van der Waals surface area contributed by atoms with Gasteiger partial charge in [-0.25, -0.2) is 5.84 Å². The minimum absolute atomic E-state index is 0. The molecule has 1 aromatic rings. The van der Waals surface area contributed by atoms with E-state index in [-0.39, 0.29) is 17.0 Å². The van der Waals surface area contributed by atoms with E-state index in [9.17, 15) is 0 Å². The van der Waals surface area contributed by atoms with Gasteiger partial charge < -0.3 is 5.32 Å². The third kappa shape index (κ3) is 3.51. The van der Waals surface area contributed by atoms with Gasteiger partial charge in [-0.3, -0.25) is 5.01 Å².